The summed E-state index contributed by atoms with van der Waals surface area (Å²) in [7, 11) is 0. The van der Waals surface area contributed by atoms with Crippen LogP contribution < -0.4 is 0 Å². The molecule has 0 bridgehead atoms. The van der Waals surface area contributed by atoms with Crippen LogP contribution in [0, 0.1) is 11.8 Å². The van der Waals surface area contributed by atoms with Crippen molar-refractivity contribution in [2.45, 2.75) is 25.4 Å². The van der Waals surface area contributed by atoms with Gasteiger partial charge in [0.25, 0.3) is 0 Å². The van der Waals surface area contributed by atoms with E-state index in [1.165, 1.54) is 0 Å². The number of rotatable bonds is 1. The molecular formula is C16H18ClN3O2. The van der Waals surface area contributed by atoms with Gasteiger partial charge in [0.15, 0.2) is 0 Å². The molecule has 1 saturated carbocycles. The number of carbonyl (C=O) groups is 1. The number of aromatic nitrogens is 2. The number of imidazole rings is 1. The highest BCUT2D eigenvalue weighted by atomic mass is 35.5. The second-order valence-corrected chi connectivity index (χ2v) is 7.08. The smallest absolute Gasteiger partial charge is 0.219 e. The van der Waals surface area contributed by atoms with Crippen molar-refractivity contribution in [1.82, 2.24) is 14.3 Å². The molecule has 0 radical (unpaired) electrons. The SMILES string of the molecule is CC(=O)N1C[C@@H]2C[C@](O)(c3cc(Cl)cn4cncc34)C[C@@H]2C1. The molecule has 2 aromatic heterocycles. The van der Waals surface area contributed by atoms with Gasteiger partial charge in [0.05, 0.1) is 28.7 Å². The second kappa shape index (κ2) is 4.70. The van der Waals surface area contributed by atoms with E-state index in [0.29, 0.717) is 29.7 Å². The average molecular weight is 320 g/mol. The molecule has 6 heteroatoms. The Balaban J connectivity index is 1.69. The van der Waals surface area contributed by atoms with Gasteiger partial charge in [-0.25, -0.2) is 4.98 Å². The molecule has 4 rings (SSSR count). The van der Waals surface area contributed by atoms with E-state index in [1.807, 2.05) is 15.4 Å². The monoisotopic (exact) mass is 319 g/mol. The summed E-state index contributed by atoms with van der Waals surface area (Å²) < 4.78 is 1.85. The van der Waals surface area contributed by atoms with Crippen molar-refractivity contribution in [3.63, 3.8) is 0 Å². The molecule has 0 aromatic carbocycles. The normalized spacial score (nSPS) is 31.0. The van der Waals surface area contributed by atoms with E-state index in [-0.39, 0.29) is 5.91 Å². The van der Waals surface area contributed by atoms with E-state index in [0.717, 1.165) is 24.2 Å². The molecule has 2 fully saturated rings. The Labute approximate surface area is 133 Å². The number of likely N-dealkylation sites (tertiary alicyclic amines) is 1. The minimum absolute atomic E-state index is 0.124. The highest BCUT2D eigenvalue weighted by Gasteiger charge is 2.50. The maximum absolute atomic E-state index is 11.5. The highest BCUT2D eigenvalue weighted by molar-refractivity contribution is 6.30. The third-order valence-electron chi connectivity index (χ3n) is 5.21. The van der Waals surface area contributed by atoms with E-state index in [2.05, 4.69) is 4.98 Å². The Kier molecular flexibility index (Phi) is 3.00. The molecule has 1 saturated heterocycles. The van der Waals surface area contributed by atoms with Gasteiger partial charge in [0.1, 0.15) is 0 Å². The summed E-state index contributed by atoms with van der Waals surface area (Å²) in [6.07, 6.45) is 6.59. The predicted octanol–water partition coefficient (Wildman–Crippen LogP) is 2.06. The summed E-state index contributed by atoms with van der Waals surface area (Å²) in [5.41, 5.74) is 0.862. The molecule has 1 aliphatic carbocycles. The lowest BCUT2D eigenvalue weighted by Crippen LogP contribution is -2.31. The zero-order valence-corrected chi connectivity index (χ0v) is 13.1. The quantitative estimate of drug-likeness (QED) is 0.875. The van der Waals surface area contributed by atoms with Crippen molar-refractivity contribution in [2.24, 2.45) is 11.8 Å². The van der Waals surface area contributed by atoms with Crippen molar-refractivity contribution in [2.75, 3.05) is 13.1 Å². The summed E-state index contributed by atoms with van der Waals surface area (Å²) in [6, 6.07) is 1.85. The second-order valence-electron chi connectivity index (χ2n) is 6.64. The fourth-order valence-electron chi connectivity index (χ4n) is 4.20. The number of nitrogens with zero attached hydrogens (tertiary/aromatic N) is 3. The van der Waals surface area contributed by atoms with Crippen LogP contribution in [-0.4, -0.2) is 38.4 Å². The topological polar surface area (TPSA) is 57.8 Å². The fourth-order valence-corrected chi connectivity index (χ4v) is 4.41. The lowest BCUT2D eigenvalue weighted by Gasteiger charge is -2.27. The first-order valence-electron chi connectivity index (χ1n) is 7.56. The van der Waals surface area contributed by atoms with Crippen LogP contribution in [0.15, 0.2) is 24.8 Å². The Hall–Kier alpha value is -1.59. The molecule has 116 valence electrons. The van der Waals surface area contributed by atoms with Crippen LogP contribution in [0.25, 0.3) is 5.52 Å². The summed E-state index contributed by atoms with van der Waals surface area (Å²) in [5.74, 6) is 0.839. The maximum atomic E-state index is 11.5. The fraction of sp³-hybridized carbons (Fsp3) is 0.500. The van der Waals surface area contributed by atoms with Gasteiger partial charge in [-0.15, -0.1) is 0 Å². The molecule has 2 aliphatic rings. The summed E-state index contributed by atoms with van der Waals surface area (Å²) in [5, 5.41) is 11.8. The van der Waals surface area contributed by atoms with Gasteiger partial charge in [-0.3, -0.25) is 4.79 Å². The van der Waals surface area contributed by atoms with E-state index in [9.17, 15) is 9.90 Å². The molecule has 3 heterocycles. The van der Waals surface area contributed by atoms with Gasteiger partial charge in [-0.05, 0) is 30.7 Å². The lowest BCUT2D eigenvalue weighted by atomic mass is 9.90. The van der Waals surface area contributed by atoms with Crippen LogP contribution in [-0.2, 0) is 10.4 Å². The summed E-state index contributed by atoms with van der Waals surface area (Å²) in [4.78, 5) is 17.6. The van der Waals surface area contributed by atoms with Gasteiger partial charge in [-0.1, -0.05) is 11.6 Å². The number of aliphatic hydroxyl groups is 1. The minimum Gasteiger partial charge on any atom is -0.385 e. The van der Waals surface area contributed by atoms with Gasteiger partial charge < -0.3 is 14.4 Å². The number of fused-ring (bicyclic) bond motifs is 2. The van der Waals surface area contributed by atoms with Gasteiger partial charge in [-0.2, -0.15) is 0 Å². The molecule has 1 amide bonds. The third kappa shape index (κ3) is 2.03. The average Bonchev–Trinajstić information content (AvgIpc) is 3.10. The van der Waals surface area contributed by atoms with Crippen LogP contribution in [0.2, 0.25) is 5.02 Å². The number of amides is 1. The standard InChI is InChI=1S/C16H18ClN3O2/c1-10(21)19-6-11-3-16(22,4-12(11)7-19)14-2-13(17)8-20-9-18-5-15(14)20/h2,5,8-9,11-12,22H,3-4,6-7H2,1H3/t11-,12+,16+. The number of halogens is 1. The minimum atomic E-state index is -0.885. The van der Waals surface area contributed by atoms with Crippen molar-refractivity contribution < 1.29 is 9.90 Å². The molecule has 5 nitrogen and oxygen atoms in total. The molecule has 1 aliphatic heterocycles. The Bertz CT molecular complexity index is 743. The highest BCUT2D eigenvalue weighted by Crippen LogP contribution is 2.50. The first kappa shape index (κ1) is 14.0. The van der Waals surface area contributed by atoms with E-state index in [1.54, 1.807) is 25.6 Å². The summed E-state index contributed by atoms with van der Waals surface area (Å²) in [6.45, 7) is 3.11. The van der Waals surface area contributed by atoms with Gasteiger partial charge in [0, 0.05) is 31.8 Å². The van der Waals surface area contributed by atoms with Crippen LogP contribution in [0.3, 0.4) is 0 Å². The van der Waals surface area contributed by atoms with E-state index in [4.69, 9.17) is 11.6 Å². The van der Waals surface area contributed by atoms with Crippen molar-refractivity contribution >= 4 is 23.0 Å². The molecular weight excluding hydrogens is 302 g/mol. The number of hydrogen-bond donors (Lipinski definition) is 1. The Morgan fingerprint density at radius 2 is 2.09 bits per heavy atom. The maximum Gasteiger partial charge on any atom is 0.219 e. The number of pyridine rings is 1. The zero-order valence-electron chi connectivity index (χ0n) is 12.4. The molecule has 1 N–H and O–H groups in total. The first-order chi connectivity index (χ1) is 10.5. The molecule has 3 atom stereocenters. The lowest BCUT2D eigenvalue weighted by molar-refractivity contribution is -0.128. The van der Waals surface area contributed by atoms with Crippen molar-refractivity contribution in [3.8, 4) is 0 Å². The van der Waals surface area contributed by atoms with Crippen LogP contribution in [0.1, 0.15) is 25.3 Å². The number of carbonyl (C=O) groups excluding carboxylic acids is 1. The van der Waals surface area contributed by atoms with Crippen molar-refractivity contribution in [3.05, 3.63) is 35.4 Å². The van der Waals surface area contributed by atoms with Gasteiger partial charge >= 0.3 is 0 Å². The van der Waals surface area contributed by atoms with Crippen LogP contribution >= 0.6 is 11.6 Å². The van der Waals surface area contributed by atoms with Crippen LogP contribution in [0.5, 0.6) is 0 Å². The molecule has 2 aromatic rings. The van der Waals surface area contributed by atoms with E-state index < -0.39 is 5.60 Å². The molecule has 0 spiro atoms. The summed E-state index contributed by atoms with van der Waals surface area (Å²) >= 11 is 6.19. The van der Waals surface area contributed by atoms with Crippen molar-refractivity contribution in [1.29, 1.82) is 0 Å². The Morgan fingerprint density at radius 1 is 1.41 bits per heavy atom. The molecule has 22 heavy (non-hydrogen) atoms. The predicted molar refractivity (Wildman–Crippen MR) is 82.6 cm³/mol. The number of hydrogen-bond acceptors (Lipinski definition) is 3. The first-order valence-corrected chi connectivity index (χ1v) is 7.94. The third-order valence-corrected chi connectivity index (χ3v) is 5.42. The van der Waals surface area contributed by atoms with Gasteiger partial charge in [0.2, 0.25) is 5.91 Å². The largest absolute Gasteiger partial charge is 0.385 e. The zero-order chi connectivity index (χ0) is 15.5. The van der Waals surface area contributed by atoms with E-state index >= 15 is 0 Å². The molecule has 0 unspecified atom stereocenters. The Morgan fingerprint density at radius 3 is 2.73 bits per heavy atom. The van der Waals surface area contributed by atoms with Crippen LogP contribution in [0.4, 0.5) is 0 Å².